The third-order valence-electron chi connectivity index (χ3n) is 2.50. The van der Waals surface area contributed by atoms with Gasteiger partial charge in [-0.15, -0.1) is 0 Å². The van der Waals surface area contributed by atoms with Gasteiger partial charge in [-0.25, -0.2) is 0 Å². The number of piperazine rings is 1. The molecule has 4 nitrogen and oxygen atoms in total. The van der Waals surface area contributed by atoms with Crippen LogP contribution in [0.25, 0.3) is 5.32 Å². The van der Waals surface area contributed by atoms with Gasteiger partial charge in [-0.05, 0) is 24.9 Å². The van der Waals surface area contributed by atoms with Crippen molar-refractivity contribution in [2.45, 2.75) is 12.8 Å². The number of carbonyl (C=O) groups excluding carboxylic acids is 2. The van der Waals surface area contributed by atoms with E-state index in [2.05, 4.69) is 10.6 Å². The van der Waals surface area contributed by atoms with E-state index in [0.29, 0.717) is 12.1 Å². The molecule has 0 aliphatic carbocycles. The molecule has 2 amide bonds. The van der Waals surface area contributed by atoms with Gasteiger partial charge in [0.25, 0.3) is 0 Å². The number of aryl methyl sites for hydroxylation is 1. The number of carbonyl (C=O) groups is 2. The molecule has 1 aliphatic heterocycles. The average molecular weight is 456 g/mol. The van der Waals surface area contributed by atoms with E-state index in [4.69, 9.17) is 0 Å². The van der Waals surface area contributed by atoms with Crippen LogP contribution < -0.4 is 5.32 Å². The van der Waals surface area contributed by atoms with Gasteiger partial charge in [0.05, 0.1) is 11.6 Å². The van der Waals surface area contributed by atoms with Crippen LogP contribution in [0.15, 0.2) is 42.1 Å². The monoisotopic (exact) mass is 456 g/mol. The van der Waals surface area contributed by atoms with Gasteiger partial charge in [0.1, 0.15) is 0 Å². The van der Waals surface area contributed by atoms with Gasteiger partial charge in [0.2, 0.25) is 5.91 Å². The standard InChI is InChI=1S/C13H14N2O2.Ac/c16-12-9-14-13(17)11(15-12)8-4-7-10-5-2-1-3-6-10;/h1-3,5-6,8H,4,7,9H2,(H2,14,15,16,17);/p-1/b11-8+;. The molecule has 1 saturated heterocycles. The molecule has 1 heterocycles. The maximum absolute atomic E-state index is 11.3. The molecule has 91 valence electrons. The molecule has 0 spiro atoms. The summed E-state index contributed by atoms with van der Waals surface area (Å²) >= 11 is 0. The van der Waals surface area contributed by atoms with Gasteiger partial charge in [-0.1, -0.05) is 36.4 Å². The van der Waals surface area contributed by atoms with Gasteiger partial charge in [-0.2, -0.15) is 0 Å². The molecule has 0 atom stereocenters. The van der Waals surface area contributed by atoms with Crippen LogP contribution in [-0.2, 0) is 16.0 Å². The summed E-state index contributed by atoms with van der Waals surface area (Å²) in [5.41, 5.74) is 1.51. The Morgan fingerprint density at radius 2 is 1.94 bits per heavy atom. The Bertz CT molecular complexity index is 457. The maximum Gasteiger partial charge on any atom is 0.206 e. The molecule has 0 unspecified atom stereocenters. The first kappa shape index (κ1) is 15.4. The molecule has 1 aromatic rings. The Morgan fingerprint density at radius 1 is 1.22 bits per heavy atom. The van der Waals surface area contributed by atoms with Gasteiger partial charge in [0, 0.05) is 44.1 Å². The summed E-state index contributed by atoms with van der Waals surface area (Å²) in [4.78, 5) is 22.4. The molecular weight excluding hydrogens is 443 g/mol. The van der Waals surface area contributed by atoms with Crippen LogP contribution in [0.1, 0.15) is 12.0 Å². The second-order valence-electron chi connectivity index (χ2n) is 3.81. The summed E-state index contributed by atoms with van der Waals surface area (Å²) in [6.45, 7) is -0.0607. The van der Waals surface area contributed by atoms with Crippen LogP contribution in [0.3, 0.4) is 0 Å². The first-order chi connectivity index (χ1) is 8.25. The van der Waals surface area contributed by atoms with E-state index >= 15 is 0 Å². The van der Waals surface area contributed by atoms with Crippen LogP contribution in [0.5, 0.6) is 0 Å². The molecule has 0 bridgehead atoms. The van der Waals surface area contributed by atoms with Gasteiger partial charge in [0.15, 0.2) is 0 Å². The molecule has 1 N–H and O–H groups in total. The zero-order chi connectivity index (χ0) is 12.1. The van der Waals surface area contributed by atoms with Crippen molar-refractivity contribution in [1.82, 2.24) is 5.32 Å². The predicted octanol–water partition coefficient (Wildman–Crippen LogP) is 1.53. The number of rotatable bonds is 3. The van der Waals surface area contributed by atoms with Crippen molar-refractivity contribution in [3.05, 3.63) is 53.0 Å². The van der Waals surface area contributed by atoms with Crippen molar-refractivity contribution in [3.63, 3.8) is 0 Å². The number of allylic oxidation sites excluding steroid dienone is 1. The van der Waals surface area contributed by atoms with Crippen molar-refractivity contribution in [2.24, 2.45) is 0 Å². The second kappa shape index (κ2) is 7.71. The van der Waals surface area contributed by atoms with Crippen molar-refractivity contribution < 1.29 is 53.7 Å². The fraction of sp³-hybridized carbons (Fsp3) is 0.231. The number of nitrogens with one attached hydrogen (secondary N) is 1. The van der Waals surface area contributed by atoms with Crippen molar-refractivity contribution in [1.29, 1.82) is 0 Å². The van der Waals surface area contributed by atoms with Gasteiger partial charge >= 0.3 is 0 Å². The second-order valence-corrected chi connectivity index (χ2v) is 3.81. The Hall–Kier alpha value is -0.658. The summed E-state index contributed by atoms with van der Waals surface area (Å²) in [7, 11) is 0. The van der Waals surface area contributed by atoms with E-state index in [1.807, 2.05) is 30.3 Å². The van der Waals surface area contributed by atoms with Crippen LogP contribution in [0.2, 0.25) is 0 Å². The van der Waals surface area contributed by atoms with E-state index < -0.39 is 0 Å². The van der Waals surface area contributed by atoms with Crippen molar-refractivity contribution in [2.75, 3.05) is 6.54 Å². The van der Waals surface area contributed by atoms with E-state index in [1.165, 1.54) is 5.56 Å². The molecule has 0 saturated carbocycles. The summed E-state index contributed by atoms with van der Waals surface area (Å²) in [6, 6.07) is 9.98. The van der Waals surface area contributed by atoms with Crippen LogP contribution in [0.4, 0.5) is 0 Å². The molecule has 2 rings (SSSR count). The first-order valence-electron chi connectivity index (χ1n) is 5.51. The normalized spacial score (nSPS) is 16.8. The summed E-state index contributed by atoms with van der Waals surface area (Å²) in [6.07, 6.45) is 3.28. The average Bonchev–Trinajstić information content (AvgIpc) is 2.35. The van der Waals surface area contributed by atoms with Crippen molar-refractivity contribution in [3.8, 4) is 0 Å². The third kappa shape index (κ3) is 4.55. The van der Waals surface area contributed by atoms with E-state index in [-0.39, 0.29) is 62.4 Å². The molecular formula is C13H13AcN2O2-. The first-order valence-corrected chi connectivity index (χ1v) is 5.51. The topological polar surface area (TPSA) is 60.3 Å². The summed E-state index contributed by atoms with van der Waals surface area (Å²) in [5.74, 6) is -0.562. The molecule has 18 heavy (non-hydrogen) atoms. The minimum Gasteiger partial charge on any atom is -0.640 e. The molecule has 1 aliphatic rings. The van der Waals surface area contributed by atoms with Crippen LogP contribution in [-0.4, -0.2) is 18.4 Å². The predicted molar refractivity (Wildman–Crippen MR) is 64.2 cm³/mol. The summed E-state index contributed by atoms with van der Waals surface area (Å²) in [5, 5.41) is 6.13. The molecule has 5 heteroatoms. The molecule has 1 fully saturated rings. The number of amides is 2. The van der Waals surface area contributed by atoms with Crippen LogP contribution >= 0.6 is 0 Å². The minimum absolute atomic E-state index is 0. The Morgan fingerprint density at radius 3 is 2.67 bits per heavy atom. The maximum atomic E-state index is 11.3. The quantitative estimate of drug-likeness (QED) is 0.702. The Balaban J connectivity index is 0.00000162. The fourth-order valence-electron chi connectivity index (χ4n) is 1.64. The third-order valence-corrected chi connectivity index (χ3v) is 2.50. The minimum atomic E-state index is -0.335. The van der Waals surface area contributed by atoms with Crippen molar-refractivity contribution >= 4 is 11.8 Å². The van der Waals surface area contributed by atoms with Gasteiger partial charge < -0.3 is 15.4 Å². The Kier molecular flexibility index (Phi) is 6.59. The Labute approximate surface area is 142 Å². The zero-order valence-electron chi connectivity index (χ0n) is 9.93. The SMILES string of the molecule is O=C1C[N-]C(=O)/C(=C\CCc2ccccc2)N1.[Ac]. The van der Waals surface area contributed by atoms with Gasteiger partial charge in [-0.3, -0.25) is 4.79 Å². The van der Waals surface area contributed by atoms with E-state index in [1.54, 1.807) is 6.08 Å². The molecule has 0 aromatic heterocycles. The fourth-order valence-corrected chi connectivity index (χ4v) is 1.64. The molecule has 1 radical (unpaired) electrons. The number of nitrogens with zero attached hydrogens (tertiary/aromatic N) is 1. The largest absolute Gasteiger partial charge is 0.640 e. The summed E-state index contributed by atoms with van der Waals surface area (Å²) < 4.78 is 0. The van der Waals surface area contributed by atoms with Crippen LogP contribution in [0, 0.1) is 44.1 Å². The van der Waals surface area contributed by atoms with E-state index in [0.717, 1.165) is 6.42 Å². The number of benzene rings is 1. The number of hydrogen-bond acceptors (Lipinski definition) is 2. The zero-order valence-corrected chi connectivity index (χ0v) is 14.7. The molecule has 1 aromatic carbocycles. The van der Waals surface area contributed by atoms with E-state index in [9.17, 15) is 9.59 Å². The number of hydrogen-bond donors (Lipinski definition) is 1. The smallest absolute Gasteiger partial charge is 0.206 e.